The van der Waals surface area contributed by atoms with Crippen LogP contribution in [0.15, 0.2) is 109 Å². The minimum absolute atomic E-state index is 0.270. The molecule has 0 atom stereocenters. The molecule has 288 valence electrons. The van der Waals surface area contributed by atoms with E-state index < -0.39 is 11.9 Å². The molecule has 8 heteroatoms. The number of rotatable bonds is 24. The molecule has 0 spiro atoms. The summed E-state index contributed by atoms with van der Waals surface area (Å²) in [4.78, 5) is 50.4. The van der Waals surface area contributed by atoms with E-state index in [-0.39, 0.29) is 29.5 Å². The molecule has 0 saturated heterocycles. The third-order valence-electron chi connectivity index (χ3n) is 8.73. The molecule has 4 aromatic rings. The van der Waals surface area contributed by atoms with E-state index in [1.54, 1.807) is 12.2 Å². The number of ether oxygens (including phenoxy) is 4. The van der Waals surface area contributed by atoms with Crippen molar-refractivity contribution in [2.45, 2.75) is 84.5 Å². The Hall–Kier alpha value is -5.76. The Bertz CT molecular complexity index is 1700. The fourth-order valence-corrected chi connectivity index (χ4v) is 5.54. The molecule has 0 saturated carbocycles. The van der Waals surface area contributed by atoms with Crippen LogP contribution in [0.2, 0.25) is 0 Å². The van der Waals surface area contributed by atoms with Crippen molar-refractivity contribution in [3.63, 3.8) is 0 Å². The first-order valence-electron chi connectivity index (χ1n) is 19.3. The molecule has 4 aromatic carbocycles. The topological polar surface area (TPSA) is 105 Å². The van der Waals surface area contributed by atoms with Crippen LogP contribution < -0.4 is 18.9 Å². The summed E-state index contributed by atoms with van der Waals surface area (Å²) in [6, 6.07) is 27.1. The lowest BCUT2D eigenvalue weighted by Gasteiger charge is -2.06. The highest BCUT2D eigenvalue weighted by molar-refractivity contribution is 6.13. The van der Waals surface area contributed by atoms with Crippen LogP contribution >= 0.6 is 0 Å². The fourth-order valence-electron chi connectivity index (χ4n) is 5.54. The normalized spacial score (nSPS) is 11.1. The first-order valence-corrected chi connectivity index (χ1v) is 19.3. The lowest BCUT2D eigenvalue weighted by molar-refractivity contribution is -0.129. The van der Waals surface area contributed by atoms with Gasteiger partial charge in [-0.2, -0.15) is 0 Å². The highest BCUT2D eigenvalue weighted by Gasteiger charge is 2.15. The van der Waals surface area contributed by atoms with Crippen molar-refractivity contribution in [2.75, 3.05) is 13.2 Å². The number of esters is 2. The number of ketones is 2. The molecular weight excluding hydrogens is 693 g/mol. The van der Waals surface area contributed by atoms with E-state index in [0.29, 0.717) is 24.3 Å². The second-order valence-corrected chi connectivity index (χ2v) is 13.2. The SMILES string of the molecule is CCCCCCCOc1ccc(/C=C/C(=O)Oc2ccc(C(=O)CC(=O)c3ccc(OC(=O)/C=C/c4ccc(OCCCCCCC)cc4)cc3)cc2)cc1. The summed E-state index contributed by atoms with van der Waals surface area (Å²) in [6.45, 7) is 5.76. The van der Waals surface area contributed by atoms with E-state index in [1.165, 1.54) is 112 Å². The van der Waals surface area contributed by atoms with E-state index in [0.717, 1.165) is 35.5 Å². The van der Waals surface area contributed by atoms with E-state index in [1.807, 2.05) is 48.5 Å². The van der Waals surface area contributed by atoms with Crippen LogP contribution in [0.1, 0.15) is 116 Å². The molecule has 0 aliphatic heterocycles. The van der Waals surface area contributed by atoms with Crippen LogP contribution in [0.5, 0.6) is 23.0 Å². The summed E-state index contributed by atoms with van der Waals surface area (Å²) in [6.07, 6.45) is 17.4. The zero-order valence-corrected chi connectivity index (χ0v) is 32.0. The van der Waals surface area contributed by atoms with E-state index in [4.69, 9.17) is 18.9 Å². The van der Waals surface area contributed by atoms with Crippen LogP contribution in [0.3, 0.4) is 0 Å². The number of unbranched alkanes of at least 4 members (excludes halogenated alkanes) is 8. The van der Waals surface area contributed by atoms with Crippen molar-refractivity contribution in [2.24, 2.45) is 0 Å². The summed E-state index contributed by atoms with van der Waals surface area (Å²) in [7, 11) is 0. The molecule has 0 aliphatic rings. The maximum Gasteiger partial charge on any atom is 0.336 e. The highest BCUT2D eigenvalue weighted by atomic mass is 16.5. The standard InChI is InChI=1S/C47H52O8/c1-3-5-7-9-11-33-52-40-23-13-36(14-24-40)17-31-46(50)54-42-27-19-38(20-28-42)44(48)35-45(49)39-21-29-43(30-22-39)55-47(51)32-18-37-15-25-41(26-16-37)53-34-12-10-8-6-4-2/h13-32H,3-12,33-35H2,1-2H3/b31-17+,32-18+. The molecule has 0 aliphatic carbocycles. The number of carbonyl (C=O) groups excluding carboxylic acids is 4. The average Bonchev–Trinajstić information content (AvgIpc) is 3.20. The predicted molar refractivity (Wildman–Crippen MR) is 217 cm³/mol. The smallest absolute Gasteiger partial charge is 0.336 e. The summed E-state index contributed by atoms with van der Waals surface area (Å²) in [5.74, 6) is 0.233. The van der Waals surface area contributed by atoms with Gasteiger partial charge in [-0.1, -0.05) is 89.5 Å². The van der Waals surface area contributed by atoms with Crippen LogP contribution in [-0.2, 0) is 9.59 Å². The monoisotopic (exact) mass is 744 g/mol. The Kier molecular flexibility index (Phi) is 18.2. The van der Waals surface area contributed by atoms with Gasteiger partial charge in [0, 0.05) is 23.3 Å². The molecule has 55 heavy (non-hydrogen) atoms. The highest BCUT2D eigenvalue weighted by Crippen LogP contribution is 2.19. The van der Waals surface area contributed by atoms with Gasteiger partial charge in [0.25, 0.3) is 0 Å². The molecule has 0 radical (unpaired) electrons. The van der Waals surface area contributed by atoms with Crippen molar-refractivity contribution in [3.05, 3.63) is 131 Å². The Morgan fingerprint density at radius 1 is 0.436 bits per heavy atom. The van der Waals surface area contributed by atoms with Gasteiger partial charge in [-0.25, -0.2) is 9.59 Å². The van der Waals surface area contributed by atoms with Crippen LogP contribution in [0.4, 0.5) is 0 Å². The number of hydrogen-bond acceptors (Lipinski definition) is 8. The minimum Gasteiger partial charge on any atom is -0.494 e. The summed E-state index contributed by atoms with van der Waals surface area (Å²) in [5.41, 5.74) is 2.27. The predicted octanol–water partition coefficient (Wildman–Crippen LogP) is 11.1. The molecule has 8 nitrogen and oxygen atoms in total. The van der Waals surface area contributed by atoms with Gasteiger partial charge in [0.15, 0.2) is 11.6 Å². The van der Waals surface area contributed by atoms with Crippen molar-refractivity contribution >= 4 is 35.7 Å². The van der Waals surface area contributed by atoms with Gasteiger partial charge in [0.2, 0.25) is 0 Å². The first-order chi connectivity index (χ1) is 26.8. The molecule has 0 aromatic heterocycles. The quantitative estimate of drug-likeness (QED) is 0.0174. The molecule has 0 fully saturated rings. The lowest BCUT2D eigenvalue weighted by atomic mass is 10.0. The van der Waals surface area contributed by atoms with Gasteiger partial charge in [0.1, 0.15) is 23.0 Å². The molecule has 0 heterocycles. The van der Waals surface area contributed by atoms with Gasteiger partial charge in [-0.3, -0.25) is 9.59 Å². The van der Waals surface area contributed by atoms with Crippen LogP contribution in [-0.4, -0.2) is 36.7 Å². The van der Waals surface area contributed by atoms with Gasteiger partial charge < -0.3 is 18.9 Å². The number of carbonyl (C=O) groups is 4. The zero-order chi connectivity index (χ0) is 39.1. The largest absolute Gasteiger partial charge is 0.494 e. The lowest BCUT2D eigenvalue weighted by Crippen LogP contribution is -2.09. The Morgan fingerprint density at radius 3 is 1.15 bits per heavy atom. The van der Waals surface area contributed by atoms with E-state index >= 15 is 0 Å². The van der Waals surface area contributed by atoms with Crippen molar-refractivity contribution < 1.29 is 38.1 Å². The summed E-state index contributed by atoms with van der Waals surface area (Å²) in [5, 5.41) is 0. The molecular formula is C47H52O8. The van der Waals surface area contributed by atoms with E-state index in [9.17, 15) is 19.2 Å². The minimum atomic E-state index is -0.564. The average molecular weight is 745 g/mol. The third-order valence-corrected chi connectivity index (χ3v) is 8.73. The summed E-state index contributed by atoms with van der Waals surface area (Å²) >= 11 is 0. The number of Topliss-reactive ketones (excluding diaryl/α,β-unsaturated/α-hetero) is 2. The molecule has 0 bridgehead atoms. The number of hydrogen-bond donors (Lipinski definition) is 0. The molecule has 0 N–H and O–H groups in total. The van der Waals surface area contributed by atoms with Gasteiger partial charge in [-0.15, -0.1) is 0 Å². The Labute approximate surface area is 325 Å². The maximum atomic E-state index is 12.8. The van der Waals surface area contributed by atoms with Gasteiger partial charge in [0.05, 0.1) is 19.6 Å². The molecule has 0 unspecified atom stereocenters. The van der Waals surface area contributed by atoms with Gasteiger partial charge >= 0.3 is 11.9 Å². The fraction of sp³-hybridized carbons (Fsp3) is 0.319. The Morgan fingerprint density at radius 2 is 0.782 bits per heavy atom. The van der Waals surface area contributed by atoms with Crippen molar-refractivity contribution in [3.8, 4) is 23.0 Å². The van der Waals surface area contributed by atoms with Crippen molar-refractivity contribution in [1.29, 1.82) is 0 Å². The second-order valence-electron chi connectivity index (χ2n) is 13.2. The zero-order valence-electron chi connectivity index (χ0n) is 32.0. The van der Waals surface area contributed by atoms with Crippen molar-refractivity contribution in [1.82, 2.24) is 0 Å². The van der Waals surface area contributed by atoms with Crippen LogP contribution in [0.25, 0.3) is 12.2 Å². The third kappa shape index (κ3) is 16.0. The molecule has 0 amide bonds. The van der Waals surface area contributed by atoms with E-state index in [2.05, 4.69) is 13.8 Å². The molecule has 4 rings (SSSR count). The maximum absolute atomic E-state index is 12.8. The first kappa shape index (κ1) is 42.0. The van der Waals surface area contributed by atoms with Crippen LogP contribution in [0, 0.1) is 0 Å². The summed E-state index contributed by atoms with van der Waals surface area (Å²) < 4.78 is 22.3. The van der Waals surface area contributed by atoms with Gasteiger partial charge in [-0.05, 0) is 109 Å². The second kappa shape index (κ2) is 23.8. The number of benzene rings is 4. The Balaban J connectivity index is 1.16.